The maximum absolute atomic E-state index is 5.71. The van der Waals surface area contributed by atoms with Gasteiger partial charge in [0.2, 0.25) is 5.95 Å². The summed E-state index contributed by atoms with van der Waals surface area (Å²) in [5, 5.41) is 0. The van der Waals surface area contributed by atoms with Crippen LogP contribution < -0.4 is 4.90 Å². The first-order chi connectivity index (χ1) is 8.17. The number of hydrogen-bond donors (Lipinski definition) is 0. The Hall–Kier alpha value is -0.870. The van der Waals surface area contributed by atoms with Crippen LogP contribution in [0.4, 0.5) is 5.95 Å². The molecule has 0 saturated carbocycles. The van der Waals surface area contributed by atoms with Gasteiger partial charge >= 0.3 is 0 Å². The minimum absolute atomic E-state index is 0.465. The number of rotatable bonds is 7. The molecule has 4 nitrogen and oxygen atoms in total. The lowest BCUT2D eigenvalue weighted by Crippen LogP contribution is -2.28. The van der Waals surface area contributed by atoms with E-state index in [0.29, 0.717) is 5.88 Å². The summed E-state index contributed by atoms with van der Waals surface area (Å²) in [4.78, 5) is 13.0. The number of halogens is 1. The van der Waals surface area contributed by atoms with Crippen LogP contribution in [0.3, 0.4) is 0 Å². The van der Waals surface area contributed by atoms with Crippen molar-refractivity contribution in [2.75, 3.05) is 38.6 Å². The molecule has 96 valence electrons. The van der Waals surface area contributed by atoms with Crippen LogP contribution in [0.5, 0.6) is 0 Å². The lowest BCUT2D eigenvalue weighted by Gasteiger charge is -2.21. The van der Waals surface area contributed by atoms with Gasteiger partial charge in [-0.3, -0.25) is 0 Å². The quantitative estimate of drug-likeness (QED) is 0.699. The van der Waals surface area contributed by atoms with E-state index in [0.717, 1.165) is 37.6 Å². The van der Waals surface area contributed by atoms with E-state index in [1.54, 1.807) is 12.4 Å². The van der Waals surface area contributed by atoms with E-state index in [-0.39, 0.29) is 0 Å². The van der Waals surface area contributed by atoms with Crippen LogP contribution in [-0.2, 0) is 5.88 Å². The van der Waals surface area contributed by atoms with Crippen molar-refractivity contribution >= 4 is 17.5 Å². The molecule has 0 bridgehead atoms. The van der Waals surface area contributed by atoms with Gasteiger partial charge in [0.1, 0.15) is 0 Å². The fourth-order valence-corrected chi connectivity index (χ4v) is 1.70. The van der Waals surface area contributed by atoms with Gasteiger partial charge in [-0.15, -0.1) is 11.6 Å². The van der Waals surface area contributed by atoms with Gasteiger partial charge in [0.05, 0.1) is 5.88 Å². The van der Waals surface area contributed by atoms with Crippen molar-refractivity contribution in [2.24, 2.45) is 0 Å². The minimum atomic E-state index is 0.465. The normalized spacial score (nSPS) is 10.9. The average molecular weight is 257 g/mol. The Kier molecular flexibility index (Phi) is 6.22. The van der Waals surface area contributed by atoms with E-state index in [4.69, 9.17) is 11.6 Å². The zero-order valence-electron chi connectivity index (χ0n) is 10.9. The highest BCUT2D eigenvalue weighted by atomic mass is 35.5. The van der Waals surface area contributed by atoms with Crippen molar-refractivity contribution in [1.82, 2.24) is 14.9 Å². The molecule has 0 atom stereocenters. The number of hydrogen-bond acceptors (Lipinski definition) is 4. The zero-order valence-corrected chi connectivity index (χ0v) is 11.6. The largest absolute Gasteiger partial charge is 0.341 e. The Morgan fingerprint density at radius 3 is 2.29 bits per heavy atom. The predicted molar refractivity (Wildman–Crippen MR) is 72.6 cm³/mol. The fraction of sp³-hybridized carbons (Fsp3) is 0.667. The van der Waals surface area contributed by atoms with Gasteiger partial charge in [0.15, 0.2) is 0 Å². The molecule has 1 heterocycles. The molecule has 1 rings (SSSR count). The molecule has 0 aromatic carbocycles. The summed E-state index contributed by atoms with van der Waals surface area (Å²) in [6.45, 7) is 5.10. The van der Waals surface area contributed by atoms with Crippen LogP contribution in [0.25, 0.3) is 0 Å². The van der Waals surface area contributed by atoms with Crippen LogP contribution >= 0.6 is 11.6 Å². The van der Waals surface area contributed by atoms with E-state index in [9.17, 15) is 0 Å². The van der Waals surface area contributed by atoms with Gasteiger partial charge in [-0.25, -0.2) is 9.97 Å². The lowest BCUT2D eigenvalue weighted by molar-refractivity contribution is 0.400. The second-order valence-corrected chi connectivity index (χ2v) is 4.53. The maximum atomic E-state index is 5.71. The third kappa shape index (κ3) is 4.88. The van der Waals surface area contributed by atoms with E-state index >= 15 is 0 Å². The molecule has 1 aromatic heterocycles. The highest BCUT2D eigenvalue weighted by Crippen LogP contribution is 2.08. The second-order valence-electron chi connectivity index (χ2n) is 4.26. The van der Waals surface area contributed by atoms with Crippen molar-refractivity contribution in [3.05, 3.63) is 18.0 Å². The molecule has 5 heteroatoms. The van der Waals surface area contributed by atoms with E-state index in [2.05, 4.69) is 40.8 Å². The second kappa shape index (κ2) is 7.45. The molecule has 0 radical (unpaired) electrons. The van der Waals surface area contributed by atoms with Crippen LogP contribution in [0.1, 0.15) is 18.9 Å². The van der Waals surface area contributed by atoms with Gasteiger partial charge in [-0.1, -0.05) is 0 Å². The molecule has 0 aliphatic rings. The maximum Gasteiger partial charge on any atom is 0.225 e. The van der Waals surface area contributed by atoms with Crippen molar-refractivity contribution in [3.63, 3.8) is 0 Å². The van der Waals surface area contributed by atoms with Crippen molar-refractivity contribution in [3.8, 4) is 0 Å². The number of alkyl halides is 1. The molecule has 0 aliphatic carbocycles. The monoisotopic (exact) mass is 256 g/mol. The van der Waals surface area contributed by atoms with Crippen molar-refractivity contribution < 1.29 is 0 Å². The minimum Gasteiger partial charge on any atom is -0.341 e. The first kappa shape index (κ1) is 14.2. The Morgan fingerprint density at radius 1 is 1.18 bits per heavy atom. The molecule has 0 saturated heterocycles. The van der Waals surface area contributed by atoms with Crippen LogP contribution in [0.2, 0.25) is 0 Å². The van der Waals surface area contributed by atoms with E-state index < -0.39 is 0 Å². The third-order valence-corrected chi connectivity index (χ3v) is 2.85. The molecule has 0 unspecified atom stereocenters. The van der Waals surface area contributed by atoms with Gasteiger partial charge in [-0.2, -0.15) is 0 Å². The van der Waals surface area contributed by atoms with Crippen LogP contribution in [0, 0.1) is 0 Å². The summed E-state index contributed by atoms with van der Waals surface area (Å²) in [7, 11) is 4.17. The van der Waals surface area contributed by atoms with Crippen LogP contribution in [-0.4, -0.2) is 48.6 Å². The molecule has 0 spiro atoms. The smallest absolute Gasteiger partial charge is 0.225 e. The molecule has 1 aromatic rings. The Morgan fingerprint density at radius 2 is 1.82 bits per heavy atom. The summed E-state index contributed by atoms with van der Waals surface area (Å²) in [6.07, 6.45) is 4.70. The molecular weight excluding hydrogens is 236 g/mol. The first-order valence-corrected chi connectivity index (χ1v) is 6.47. The molecule has 0 fully saturated rings. The van der Waals surface area contributed by atoms with E-state index in [1.807, 2.05) is 0 Å². The topological polar surface area (TPSA) is 32.3 Å². The SMILES string of the molecule is CCN(CCCN(C)C)c1ncc(CCl)cn1. The molecule has 0 amide bonds. The summed E-state index contributed by atoms with van der Waals surface area (Å²) in [5.74, 6) is 1.26. The highest BCUT2D eigenvalue weighted by molar-refractivity contribution is 6.17. The Bertz CT molecular complexity index is 313. The third-order valence-electron chi connectivity index (χ3n) is 2.54. The van der Waals surface area contributed by atoms with Gasteiger partial charge in [0, 0.05) is 31.0 Å². The number of nitrogens with zero attached hydrogens (tertiary/aromatic N) is 4. The summed E-state index contributed by atoms with van der Waals surface area (Å²) < 4.78 is 0. The van der Waals surface area contributed by atoms with Crippen LogP contribution in [0.15, 0.2) is 12.4 Å². The highest BCUT2D eigenvalue weighted by Gasteiger charge is 2.07. The standard InChI is InChI=1S/C12H21ClN4/c1-4-17(7-5-6-16(2)3)12-14-9-11(8-13)10-15-12/h9-10H,4-8H2,1-3H3. The Balaban J connectivity index is 2.53. The van der Waals surface area contributed by atoms with Crippen molar-refractivity contribution in [2.45, 2.75) is 19.2 Å². The van der Waals surface area contributed by atoms with Crippen molar-refractivity contribution in [1.29, 1.82) is 0 Å². The number of aromatic nitrogens is 2. The van der Waals surface area contributed by atoms with Gasteiger partial charge < -0.3 is 9.80 Å². The average Bonchev–Trinajstić information content (AvgIpc) is 2.34. The lowest BCUT2D eigenvalue weighted by atomic mass is 10.3. The first-order valence-electron chi connectivity index (χ1n) is 5.94. The Labute approximate surface area is 109 Å². The molecule has 0 aliphatic heterocycles. The summed E-state index contributed by atoms with van der Waals surface area (Å²) in [5.41, 5.74) is 0.958. The summed E-state index contributed by atoms with van der Waals surface area (Å²) in [6, 6.07) is 0. The zero-order chi connectivity index (χ0) is 12.7. The van der Waals surface area contributed by atoms with E-state index in [1.165, 1.54) is 0 Å². The molecule has 17 heavy (non-hydrogen) atoms. The molecule has 0 N–H and O–H groups in total. The number of anilines is 1. The predicted octanol–water partition coefficient (Wildman–Crippen LogP) is 1.99. The van der Waals surface area contributed by atoms with Gasteiger partial charge in [-0.05, 0) is 34.0 Å². The summed E-state index contributed by atoms with van der Waals surface area (Å²) >= 11 is 5.71. The molecular formula is C12H21ClN4. The fourth-order valence-electron chi connectivity index (χ4n) is 1.56. The van der Waals surface area contributed by atoms with Gasteiger partial charge in [0.25, 0.3) is 0 Å².